The Morgan fingerprint density at radius 3 is 2.50 bits per heavy atom. The van der Waals surface area contributed by atoms with Crippen molar-refractivity contribution >= 4 is 10.8 Å². The largest absolute Gasteiger partial charge is 0.389 e. The molecule has 2 unspecified atom stereocenters. The molecule has 0 amide bonds. The van der Waals surface area contributed by atoms with Crippen molar-refractivity contribution < 1.29 is 9.32 Å². The van der Waals surface area contributed by atoms with Crippen molar-refractivity contribution in [1.29, 1.82) is 0 Å². The van der Waals surface area contributed by atoms with Gasteiger partial charge in [-0.05, 0) is 18.1 Å². The van der Waals surface area contributed by atoms with Crippen molar-refractivity contribution in [3.05, 3.63) is 54.6 Å². The smallest absolute Gasteiger partial charge is 0.0746 e. The normalized spacial score (nSPS) is 15.6. The average Bonchev–Trinajstić information content (AvgIpc) is 2.38. The zero-order valence-electron chi connectivity index (χ0n) is 10.8. The van der Waals surface area contributed by atoms with Crippen LogP contribution in [0.2, 0.25) is 0 Å². The van der Waals surface area contributed by atoms with Gasteiger partial charge in [0.2, 0.25) is 0 Å². The highest BCUT2D eigenvalue weighted by atomic mass is 32.2. The molecule has 2 nitrogen and oxygen atoms in total. The third-order valence-corrected chi connectivity index (χ3v) is 3.79. The molecule has 1 rings (SSSR count). The molecule has 2 atom stereocenters. The van der Waals surface area contributed by atoms with Crippen molar-refractivity contribution in [3.8, 4) is 0 Å². The predicted octanol–water partition coefficient (Wildman–Crippen LogP) is 2.92. The molecule has 1 aromatic rings. The first-order chi connectivity index (χ1) is 8.61. The molecule has 0 spiro atoms. The molecule has 0 aromatic heterocycles. The minimum absolute atomic E-state index is 0.216. The van der Waals surface area contributed by atoms with Gasteiger partial charge in [-0.2, -0.15) is 0 Å². The number of allylic oxidation sites excluding steroid dienone is 2. The van der Waals surface area contributed by atoms with E-state index in [-0.39, 0.29) is 5.92 Å². The maximum atomic E-state index is 11.8. The van der Waals surface area contributed by atoms with Gasteiger partial charge in [-0.25, -0.2) is 0 Å². The molecule has 98 valence electrons. The minimum atomic E-state index is -0.990. The summed E-state index contributed by atoms with van der Waals surface area (Å²) >= 11 is 0. The van der Waals surface area contributed by atoms with E-state index in [2.05, 4.69) is 0 Å². The van der Waals surface area contributed by atoms with Crippen molar-refractivity contribution in [2.75, 3.05) is 5.75 Å². The Morgan fingerprint density at radius 1 is 1.22 bits per heavy atom. The second-order valence-electron chi connectivity index (χ2n) is 4.37. The first kappa shape index (κ1) is 14.9. The Hall–Kier alpha value is -1.19. The Morgan fingerprint density at radius 2 is 1.89 bits per heavy atom. The summed E-state index contributed by atoms with van der Waals surface area (Å²) in [5.41, 5.74) is 0. The number of hydrogen-bond acceptors (Lipinski definition) is 2. The Labute approximate surface area is 112 Å². The van der Waals surface area contributed by atoms with Gasteiger partial charge in [0.05, 0.1) is 16.9 Å². The van der Waals surface area contributed by atoms with Crippen LogP contribution in [-0.4, -0.2) is 21.2 Å². The molecule has 3 heteroatoms. The molecule has 1 N–H and O–H groups in total. The fourth-order valence-corrected chi connectivity index (χ4v) is 2.23. The molecular weight excluding hydrogens is 244 g/mol. The summed E-state index contributed by atoms with van der Waals surface area (Å²) in [5, 5.41) is 9.53. The monoisotopic (exact) mass is 264 g/mol. The summed E-state index contributed by atoms with van der Waals surface area (Å²) < 4.78 is 11.8. The van der Waals surface area contributed by atoms with Gasteiger partial charge in [0.15, 0.2) is 0 Å². The van der Waals surface area contributed by atoms with E-state index in [1.807, 2.05) is 56.3 Å². The lowest BCUT2D eigenvalue weighted by Crippen LogP contribution is -2.10. The SMILES string of the molecule is CC(C)C(O)/C=C/C=C/CS(=O)c1ccccc1. The van der Waals surface area contributed by atoms with E-state index >= 15 is 0 Å². The summed E-state index contributed by atoms with van der Waals surface area (Å²) in [6.45, 7) is 3.92. The standard InChI is InChI=1S/C15H20O2S/c1-13(2)15(16)11-7-4-8-12-18(17)14-9-5-3-6-10-14/h3-11,13,15-16H,12H2,1-2H3/b8-4+,11-7+. The zero-order valence-corrected chi connectivity index (χ0v) is 11.6. The molecule has 0 aliphatic rings. The van der Waals surface area contributed by atoms with Gasteiger partial charge in [0.25, 0.3) is 0 Å². The van der Waals surface area contributed by atoms with E-state index < -0.39 is 16.9 Å². The summed E-state index contributed by atoms with van der Waals surface area (Å²) in [6.07, 6.45) is 6.80. The lowest BCUT2D eigenvalue weighted by molar-refractivity contribution is 0.172. The van der Waals surface area contributed by atoms with E-state index in [1.165, 1.54) is 0 Å². The highest BCUT2D eigenvalue weighted by molar-refractivity contribution is 7.85. The zero-order chi connectivity index (χ0) is 13.4. The minimum Gasteiger partial charge on any atom is -0.389 e. The van der Waals surface area contributed by atoms with Crippen LogP contribution in [0.15, 0.2) is 59.5 Å². The lowest BCUT2D eigenvalue weighted by Gasteiger charge is -2.07. The van der Waals surface area contributed by atoms with Crippen LogP contribution in [0, 0.1) is 5.92 Å². The molecule has 1 aromatic carbocycles. The molecule has 0 bridgehead atoms. The van der Waals surface area contributed by atoms with Gasteiger partial charge in [-0.1, -0.05) is 56.4 Å². The summed E-state index contributed by atoms with van der Waals surface area (Å²) in [6, 6.07) is 9.41. The Bertz CT molecular complexity index is 421. The molecule has 0 heterocycles. The Kier molecular flexibility index (Phi) is 6.61. The number of benzene rings is 1. The molecule has 18 heavy (non-hydrogen) atoms. The van der Waals surface area contributed by atoms with E-state index in [0.717, 1.165) is 4.90 Å². The van der Waals surface area contributed by atoms with E-state index in [9.17, 15) is 9.32 Å². The second kappa shape index (κ2) is 8.01. The van der Waals surface area contributed by atoms with Gasteiger partial charge in [0.1, 0.15) is 0 Å². The van der Waals surface area contributed by atoms with Crippen LogP contribution >= 0.6 is 0 Å². The molecular formula is C15H20O2S. The Balaban J connectivity index is 2.40. The summed E-state index contributed by atoms with van der Waals surface area (Å²) in [5.74, 6) is 0.708. The van der Waals surface area contributed by atoms with Crippen molar-refractivity contribution in [1.82, 2.24) is 0 Å². The van der Waals surface area contributed by atoms with Gasteiger partial charge in [-0.3, -0.25) is 4.21 Å². The number of aliphatic hydroxyl groups excluding tert-OH is 1. The van der Waals surface area contributed by atoms with Crippen molar-refractivity contribution in [2.45, 2.75) is 24.8 Å². The van der Waals surface area contributed by atoms with Crippen LogP contribution in [0.1, 0.15) is 13.8 Å². The van der Waals surface area contributed by atoms with Crippen LogP contribution in [0.5, 0.6) is 0 Å². The van der Waals surface area contributed by atoms with Crippen LogP contribution < -0.4 is 0 Å². The fourth-order valence-electron chi connectivity index (χ4n) is 1.29. The van der Waals surface area contributed by atoms with Gasteiger partial charge >= 0.3 is 0 Å². The summed E-state index contributed by atoms with van der Waals surface area (Å²) in [4.78, 5) is 0.841. The number of rotatable bonds is 6. The first-order valence-electron chi connectivity index (χ1n) is 6.06. The fraction of sp³-hybridized carbons (Fsp3) is 0.333. The molecule has 0 radical (unpaired) electrons. The third-order valence-electron chi connectivity index (χ3n) is 2.49. The molecule has 0 saturated heterocycles. The number of aliphatic hydroxyl groups is 1. The van der Waals surface area contributed by atoms with Crippen LogP contribution in [0.4, 0.5) is 0 Å². The lowest BCUT2D eigenvalue weighted by atomic mass is 10.1. The van der Waals surface area contributed by atoms with Crippen LogP contribution in [0.25, 0.3) is 0 Å². The van der Waals surface area contributed by atoms with Gasteiger partial charge < -0.3 is 5.11 Å². The van der Waals surface area contributed by atoms with E-state index in [1.54, 1.807) is 12.2 Å². The molecule has 0 saturated carbocycles. The predicted molar refractivity (Wildman–Crippen MR) is 76.8 cm³/mol. The quantitative estimate of drug-likeness (QED) is 0.802. The maximum absolute atomic E-state index is 11.8. The maximum Gasteiger partial charge on any atom is 0.0746 e. The van der Waals surface area contributed by atoms with Gasteiger partial charge in [0, 0.05) is 10.6 Å². The average molecular weight is 264 g/mol. The highest BCUT2D eigenvalue weighted by Gasteiger charge is 2.02. The van der Waals surface area contributed by atoms with Crippen molar-refractivity contribution in [2.24, 2.45) is 5.92 Å². The highest BCUT2D eigenvalue weighted by Crippen LogP contribution is 2.06. The molecule has 0 aliphatic heterocycles. The van der Waals surface area contributed by atoms with Crippen molar-refractivity contribution in [3.63, 3.8) is 0 Å². The van der Waals surface area contributed by atoms with E-state index in [0.29, 0.717) is 5.75 Å². The van der Waals surface area contributed by atoms with Crippen LogP contribution in [0.3, 0.4) is 0 Å². The molecule has 0 aliphatic carbocycles. The first-order valence-corrected chi connectivity index (χ1v) is 7.38. The van der Waals surface area contributed by atoms with Crippen LogP contribution in [-0.2, 0) is 10.8 Å². The van der Waals surface area contributed by atoms with Gasteiger partial charge in [-0.15, -0.1) is 0 Å². The van der Waals surface area contributed by atoms with E-state index in [4.69, 9.17) is 0 Å². The number of hydrogen-bond donors (Lipinski definition) is 1. The summed E-state index contributed by atoms with van der Waals surface area (Å²) in [7, 11) is -0.990. The molecule has 0 fully saturated rings. The third kappa shape index (κ3) is 5.43. The second-order valence-corrected chi connectivity index (χ2v) is 5.87. The topological polar surface area (TPSA) is 37.3 Å².